The molecule has 1 aliphatic rings. The van der Waals surface area contributed by atoms with E-state index in [1.54, 1.807) is 11.0 Å². The molecule has 1 aromatic carbocycles. The van der Waals surface area contributed by atoms with Crippen molar-refractivity contribution in [2.45, 2.75) is 51.7 Å². The molecule has 1 amide bonds. The number of nitrogens with zero attached hydrogens (tertiary/aromatic N) is 1. The number of rotatable bonds is 1. The highest BCUT2D eigenvalue weighted by Gasteiger charge is 2.31. The van der Waals surface area contributed by atoms with Crippen molar-refractivity contribution < 1.29 is 13.9 Å². The average Bonchev–Trinajstić information content (AvgIpc) is 2.35. The maximum Gasteiger partial charge on any atom is 0.410 e. The minimum atomic E-state index is -0.542. The van der Waals surface area contributed by atoms with Gasteiger partial charge in [-0.3, -0.25) is 0 Å². The quantitative estimate of drug-likeness (QED) is 0.800. The molecule has 0 radical (unpaired) electrons. The van der Waals surface area contributed by atoms with Crippen LogP contribution in [0.2, 0.25) is 0 Å². The topological polar surface area (TPSA) is 55.6 Å². The summed E-state index contributed by atoms with van der Waals surface area (Å²) < 4.78 is 19.0. The lowest BCUT2D eigenvalue weighted by molar-refractivity contribution is 0.00948. The fraction of sp³-hybridized carbons (Fsp3) is 0.562. The average molecular weight is 294 g/mol. The SMILES string of the molecule is CC(C)(C)OC(=O)N1CCCCC1c1cc(N)cc(F)c1. The number of hydrogen-bond donors (Lipinski definition) is 1. The molecule has 1 fully saturated rings. The van der Waals surface area contributed by atoms with Crippen LogP contribution in [0.25, 0.3) is 0 Å². The Morgan fingerprint density at radius 3 is 2.67 bits per heavy atom. The number of anilines is 1. The molecule has 2 N–H and O–H groups in total. The largest absolute Gasteiger partial charge is 0.444 e. The van der Waals surface area contributed by atoms with Crippen molar-refractivity contribution in [3.63, 3.8) is 0 Å². The predicted octanol–water partition coefficient (Wildman–Crippen LogP) is 3.87. The molecule has 1 atom stereocenters. The summed E-state index contributed by atoms with van der Waals surface area (Å²) in [5.41, 5.74) is 6.28. The molecule has 5 heteroatoms. The van der Waals surface area contributed by atoms with Gasteiger partial charge >= 0.3 is 6.09 Å². The highest BCUT2D eigenvalue weighted by atomic mass is 19.1. The van der Waals surface area contributed by atoms with Gasteiger partial charge in [0.25, 0.3) is 0 Å². The zero-order valence-electron chi connectivity index (χ0n) is 12.9. The maximum atomic E-state index is 13.6. The van der Waals surface area contributed by atoms with E-state index in [0.717, 1.165) is 24.8 Å². The number of carbonyl (C=O) groups excluding carboxylic acids is 1. The van der Waals surface area contributed by atoms with Gasteiger partial charge in [-0.25, -0.2) is 9.18 Å². The number of benzene rings is 1. The minimum absolute atomic E-state index is 0.174. The fourth-order valence-corrected chi connectivity index (χ4v) is 2.65. The molecule has 0 aliphatic carbocycles. The van der Waals surface area contributed by atoms with Crippen molar-refractivity contribution in [1.29, 1.82) is 0 Å². The first-order valence-corrected chi connectivity index (χ1v) is 7.32. The van der Waals surface area contributed by atoms with Crippen molar-refractivity contribution in [3.8, 4) is 0 Å². The van der Waals surface area contributed by atoms with Crippen LogP contribution in [0.4, 0.5) is 14.9 Å². The number of piperidine rings is 1. The van der Waals surface area contributed by atoms with Crippen molar-refractivity contribution in [1.82, 2.24) is 4.90 Å². The summed E-state index contributed by atoms with van der Waals surface area (Å²) in [6.45, 7) is 6.13. The molecule has 1 aromatic rings. The van der Waals surface area contributed by atoms with Gasteiger partial charge in [0, 0.05) is 12.2 Å². The Kier molecular flexibility index (Phi) is 4.40. The van der Waals surface area contributed by atoms with Gasteiger partial charge in [0.15, 0.2) is 0 Å². The molecule has 1 saturated heterocycles. The third-order valence-corrected chi connectivity index (χ3v) is 3.46. The maximum absolute atomic E-state index is 13.6. The van der Waals surface area contributed by atoms with E-state index in [4.69, 9.17) is 10.5 Å². The molecule has 0 aromatic heterocycles. The standard InChI is InChI=1S/C16H23FN2O2/c1-16(2,3)21-15(20)19-7-5-4-6-14(19)11-8-12(17)10-13(18)9-11/h8-10,14H,4-7,18H2,1-3H3. The summed E-state index contributed by atoms with van der Waals surface area (Å²) in [5.74, 6) is -0.375. The minimum Gasteiger partial charge on any atom is -0.444 e. The summed E-state index contributed by atoms with van der Waals surface area (Å²) in [6.07, 6.45) is 2.37. The van der Waals surface area contributed by atoms with Crippen molar-refractivity contribution in [2.24, 2.45) is 0 Å². The van der Waals surface area contributed by atoms with E-state index in [1.165, 1.54) is 12.1 Å². The molecule has 1 unspecified atom stereocenters. The lowest BCUT2D eigenvalue weighted by Crippen LogP contribution is -2.41. The Morgan fingerprint density at radius 1 is 1.33 bits per heavy atom. The van der Waals surface area contributed by atoms with Crippen LogP contribution in [0, 0.1) is 5.82 Å². The number of amides is 1. The molecular weight excluding hydrogens is 271 g/mol. The summed E-state index contributed by atoms with van der Waals surface area (Å²) in [6, 6.07) is 4.29. The molecular formula is C16H23FN2O2. The number of hydrogen-bond acceptors (Lipinski definition) is 3. The molecule has 4 nitrogen and oxygen atoms in total. The Labute approximate surface area is 125 Å². The fourth-order valence-electron chi connectivity index (χ4n) is 2.65. The first-order chi connectivity index (χ1) is 9.76. The first kappa shape index (κ1) is 15.6. The summed E-state index contributed by atoms with van der Waals surface area (Å²) >= 11 is 0. The van der Waals surface area contributed by atoms with Crippen LogP contribution in [0.3, 0.4) is 0 Å². The molecule has 0 saturated carbocycles. The number of nitrogens with two attached hydrogens (primary N) is 1. The lowest BCUT2D eigenvalue weighted by Gasteiger charge is -2.37. The predicted molar refractivity (Wildman–Crippen MR) is 80.3 cm³/mol. The van der Waals surface area contributed by atoms with Gasteiger partial charge in [0.05, 0.1) is 6.04 Å². The lowest BCUT2D eigenvalue weighted by atomic mass is 9.95. The van der Waals surface area contributed by atoms with Crippen LogP contribution < -0.4 is 5.73 Å². The van der Waals surface area contributed by atoms with Gasteiger partial charge in [-0.1, -0.05) is 0 Å². The van der Waals surface area contributed by atoms with Crippen molar-refractivity contribution in [3.05, 3.63) is 29.6 Å². The van der Waals surface area contributed by atoms with E-state index in [0.29, 0.717) is 12.2 Å². The Bertz CT molecular complexity index is 505. The Balaban J connectivity index is 2.24. The van der Waals surface area contributed by atoms with Crippen LogP contribution in [0.1, 0.15) is 51.6 Å². The second-order valence-electron chi connectivity index (χ2n) is 6.50. The highest BCUT2D eigenvalue weighted by Crippen LogP contribution is 2.33. The third kappa shape index (κ3) is 4.09. The van der Waals surface area contributed by atoms with Crippen LogP contribution >= 0.6 is 0 Å². The molecule has 21 heavy (non-hydrogen) atoms. The van der Waals surface area contributed by atoms with Crippen LogP contribution in [-0.4, -0.2) is 23.1 Å². The van der Waals surface area contributed by atoms with E-state index >= 15 is 0 Å². The monoisotopic (exact) mass is 294 g/mol. The van der Waals surface area contributed by atoms with Gasteiger partial charge in [-0.2, -0.15) is 0 Å². The second-order valence-corrected chi connectivity index (χ2v) is 6.50. The van der Waals surface area contributed by atoms with E-state index in [1.807, 2.05) is 20.8 Å². The summed E-state index contributed by atoms with van der Waals surface area (Å²) in [4.78, 5) is 14.0. The number of ether oxygens (including phenoxy) is 1. The highest BCUT2D eigenvalue weighted by molar-refractivity contribution is 5.69. The number of likely N-dealkylation sites (tertiary alicyclic amines) is 1. The third-order valence-electron chi connectivity index (χ3n) is 3.46. The van der Waals surface area contributed by atoms with Gasteiger partial charge in [0.1, 0.15) is 11.4 Å². The summed E-state index contributed by atoms with van der Waals surface area (Å²) in [5, 5.41) is 0. The van der Waals surface area contributed by atoms with E-state index in [2.05, 4.69) is 0 Å². The van der Waals surface area contributed by atoms with E-state index in [-0.39, 0.29) is 18.0 Å². The van der Waals surface area contributed by atoms with E-state index < -0.39 is 5.60 Å². The number of carbonyl (C=O) groups is 1. The van der Waals surface area contributed by atoms with Crippen molar-refractivity contribution >= 4 is 11.8 Å². The van der Waals surface area contributed by atoms with Gasteiger partial charge in [-0.15, -0.1) is 0 Å². The molecule has 1 heterocycles. The van der Waals surface area contributed by atoms with Crippen LogP contribution in [0.5, 0.6) is 0 Å². The molecule has 0 spiro atoms. The van der Waals surface area contributed by atoms with Crippen LogP contribution in [0.15, 0.2) is 18.2 Å². The molecule has 1 aliphatic heterocycles. The van der Waals surface area contributed by atoms with Crippen molar-refractivity contribution in [2.75, 3.05) is 12.3 Å². The van der Waals surface area contributed by atoms with Crippen LogP contribution in [-0.2, 0) is 4.74 Å². The Morgan fingerprint density at radius 2 is 2.05 bits per heavy atom. The normalized spacial score (nSPS) is 19.4. The molecule has 116 valence electrons. The zero-order valence-corrected chi connectivity index (χ0v) is 12.9. The number of nitrogen functional groups attached to an aromatic ring is 1. The Hall–Kier alpha value is -1.78. The van der Waals surface area contributed by atoms with E-state index in [9.17, 15) is 9.18 Å². The molecule has 2 rings (SSSR count). The first-order valence-electron chi connectivity index (χ1n) is 7.32. The van der Waals surface area contributed by atoms with Gasteiger partial charge in [0.2, 0.25) is 0 Å². The summed E-state index contributed by atoms with van der Waals surface area (Å²) in [7, 11) is 0. The second kappa shape index (κ2) is 5.92. The molecule has 0 bridgehead atoms. The smallest absolute Gasteiger partial charge is 0.410 e. The number of halogens is 1. The zero-order chi connectivity index (χ0) is 15.6. The van der Waals surface area contributed by atoms with Gasteiger partial charge < -0.3 is 15.4 Å². The van der Waals surface area contributed by atoms with Gasteiger partial charge in [-0.05, 0) is 63.8 Å².